The monoisotopic (exact) mass is 601 g/mol. The lowest BCUT2D eigenvalue weighted by atomic mass is 9.34. The van der Waals surface area contributed by atoms with Gasteiger partial charge in [-0.05, 0) is 83.9 Å². The van der Waals surface area contributed by atoms with Crippen LogP contribution in [0.25, 0.3) is 0 Å². The standard InChI is InChI=1S/C37H63NO5/c1-22(2)23(3)33(7)16-17-35(9)24-12-13-27-34(8)20-42-21-37(27,25(24)14-15-36(35,10)29(33)31(39)40)18-26(41-11)30(34)43-19-28(38)32(4,5)6/h14,22-24,26-30H,12-13,15-21,38H2,1-11H3,(H,39,40)/t23-,24+,26-,27+,28+,29-,30+,33-,34+,35-,36+,37+/m1/s1. The Bertz CT molecular complexity index is 1110. The molecule has 43 heavy (non-hydrogen) atoms. The van der Waals surface area contributed by atoms with Crippen molar-refractivity contribution in [2.75, 3.05) is 26.9 Å². The van der Waals surface area contributed by atoms with Gasteiger partial charge in [0.15, 0.2) is 0 Å². The van der Waals surface area contributed by atoms with Gasteiger partial charge in [0, 0.05) is 24.0 Å². The molecule has 2 bridgehead atoms. The molecule has 6 heteroatoms. The molecule has 1 heterocycles. The van der Waals surface area contributed by atoms with E-state index in [1.807, 2.05) is 7.11 Å². The molecular weight excluding hydrogens is 538 g/mol. The molecule has 4 fully saturated rings. The van der Waals surface area contributed by atoms with Crippen LogP contribution in [0.1, 0.15) is 108 Å². The number of carboxylic acids is 1. The van der Waals surface area contributed by atoms with E-state index in [4.69, 9.17) is 19.9 Å². The molecule has 12 atom stereocenters. The van der Waals surface area contributed by atoms with Crippen molar-refractivity contribution in [3.8, 4) is 0 Å². The molecule has 0 aromatic carbocycles. The largest absolute Gasteiger partial charge is 0.481 e. The number of carbonyl (C=O) groups is 1. The molecule has 3 N–H and O–H groups in total. The van der Waals surface area contributed by atoms with Gasteiger partial charge < -0.3 is 25.1 Å². The minimum Gasteiger partial charge on any atom is -0.481 e. The third kappa shape index (κ3) is 4.65. The van der Waals surface area contributed by atoms with Crippen LogP contribution in [0.4, 0.5) is 0 Å². The van der Waals surface area contributed by atoms with Gasteiger partial charge in [-0.25, -0.2) is 0 Å². The van der Waals surface area contributed by atoms with Gasteiger partial charge in [0.05, 0.1) is 37.9 Å². The molecule has 1 aliphatic heterocycles. The molecule has 5 aliphatic rings. The van der Waals surface area contributed by atoms with Crippen LogP contribution in [0, 0.1) is 62.1 Å². The summed E-state index contributed by atoms with van der Waals surface area (Å²) in [6.07, 6.45) is 8.37. The van der Waals surface area contributed by atoms with E-state index in [2.05, 4.69) is 75.3 Å². The highest BCUT2D eigenvalue weighted by Crippen LogP contribution is 2.75. The molecule has 246 valence electrons. The summed E-state index contributed by atoms with van der Waals surface area (Å²) in [5.41, 5.74) is 7.19. The van der Waals surface area contributed by atoms with Crippen LogP contribution < -0.4 is 5.73 Å². The number of ether oxygens (including phenoxy) is 3. The first-order valence-corrected chi connectivity index (χ1v) is 17.2. The van der Waals surface area contributed by atoms with Gasteiger partial charge in [-0.1, -0.05) is 80.9 Å². The van der Waals surface area contributed by atoms with Crippen LogP contribution in [-0.2, 0) is 19.0 Å². The number of allylic oxidation sites excluding steroid dienone is 1. The summed E-state index contributed by atoms with van der Waals surface area (Å²) in [5.74, 6) is 0.606. The summed E-state index contributed by atoms with van der Waals surface area (Å²) in [5, 5.41) is 10.9. The first-order chi connectivity index (χ1) is 19.8. The fourth-order valence-electron chi connectivity index (χ4n) is 11.5. The summed E-state index contributed by atoms with van der Waals surface area (Å²) in [7, 11) is 1.84. The summed E-state index contributed by atoms with van der Waals surface area (Å²) in [4.78, 5) is 13.3. The Hall–Kier alpha value is -0.950. The molecule has 0 amide bonds. The van der Waals surface area contributed by atoms with Crippen molar-refractivity contribution >= 4 is 5.97 Å². The lowest BCUT2D eigenvalue weighted by molar-refractivity contribution is -0.268. The number of rotatable bonds is 7. The van der Waals surface area contributed by atoms with Crippen LogP contribution in [0.5, 0.6) is 0 Å². The lowest BCUT2D eigenvalue weighted by Crippen LogP contribution is -2.70. The highest BCUT2D eigenvalue weighted by Gasteiger charge is 2.71. The second-order valence-corrected chi connectivity index (χ2v) is 18.1. The van der Waals surface area contributed by atoms with Crippen molar-refractivity contribution in [2.24, 2.45) is 67.8 Å². The Morgan fingerprint density at radius 3 is 2.35 bits per heavy atom. The number of hydrogen-bond donors (Lipinski definition) is 2. The van der Waals surface area contributed by atoms with Crippen LogP contribution >= 0.6 is 0 Å². The number of aliphatic carboxylic acids is 1. The maximum Gasteiger partial charge on any atom is 0.307 e. The van der Waals surface area contributed by atoms with Crippen LogP contribution in [0.3, 0.4) is 0 Å². The van der Waals surface area contributed by atoms with Gasteiger partial charge in [0.25, 0.3) is 0 Å². The van der Waals surface area contributed by atoms with Gasteiger partial charge in [-0.2, -0.15) is 0 Å². The second-order valence-electron chi connectivity index (χ2n) is 18.1. The lowest BCUT2D eigenvalue weighted by Gasteiger charge is -2.71. The average molecular weight is 602 g/mol. The molecule has 1 saturated heterocycles. The van der Waals surface area contributed by atoms with Crippen molar-refractivity contribution in [2.45, 2.75) is 126 Å². The van der Waals surface area contributed by atoms with Crippen LogP contribution in [0.2, 0.25) is 0 Å². The quantitative estimate of drug-likeness (QED) is 0.297. The topological polar surface area (TPSA) is 91.0 Å². The molecule has 0 spiro atoms. The molecule has 0 aromatic rings. The zero-order valence-corrected chi connectivity index (χ0v) is 29.2. The highest BCUT2D eigenvalue weighted by atomic mass is 16.5. The SMILES string of the molecule is CO[C@@H]1C[C@@]23COC[C@@](C)([C@@H]2CC[C@H]2C3=CC[C@@]3(C)[C@H](C(=O)O)[C@@](C)([C@H](C)C(C)C)CC[C@]23C)[C@H]1OC[C@H](N)C(C)(C)C. The Balaban J connectivity index is 1.54. The maximum atomic E-state index is 13.3. The number of hydrogen-bond acceptors (Lipinski definition) is 5. The maximum absolute atomic E-state index is 13.3. The summed E-state index contributed by atoms with van der Waals surface area (Å²) in [6, 6.07) is -0.0585. The summed E-state index contributed by atoms with van der Waals surface area (Å²) >= 11 is 0. The fraction of sp³-hybridized carbons (Fsp3) is 0.919. The molecule has 0 radical (unpaired) electrons. The molecule has 3 saturated carbocycles. The minimum absolute atomic E-state index is 0.0329. The normalized spacial score (nSPS) is 47.6. The van der Waals surface area contributed by atoms with Gasteiger partial charge in [-0.3, -0.25) is 4.79 Å². The molecule has 0 unspecified atom stereocenters. The van der Waals surface area contributed by atoms with E-state index in [0.29, 0.717) is 36.9 Å². The number of fused-ring (bicyclic) bond motifs is 3. The van der Waals surface area contributed by atoms with E-state index in [-0.39, 0.29) is 56.7 Å². The Morgan fingerprint density at radius 2 is 1.77 bits per heavy atom. The summed E-state index contributed by atoms with van der Waals surface area (Å²) in [6.45, 7) is 24.7. The third-order valence-corrected chi connectivity index (χ3v) is 14.9. The van der Waals surface area contributed by atoms with Gasteiger partial charge in [0.2, 0.25) is 0 Å². The molecule has 0 aromatic heterocycles. The van der Waals surface area contributed by atoms with E-state index < -0.39 is 5.97 Å². The summed E-state index contributed by atoms with van der Waals surface area (Å²) < 4.78 is 19.6. The van der Waals surface area contributed by atoms with E-state index in [0.717, 1.165) is 45.1 Å². The average Bonchev–Trinajstić information content (AvgIpc) is 2.91. The Kier molecular flexibility index (Phi) is 8.40. The number of carboxylic acid groups (broad SMARTS) is 1. The number of nitrogens with two attached hydrogens (primary N) is 1. The first-order valence-electron chi connectivity index (χ1n) is 17.2. The molecular formula is C37H63NO5. The zero-order chi connectivity index (χ0) is 32.0. The second kappa shape index (κ2) is 10.8. The Morgan fingerprint density at radius 1 is 1.09 bits per heavy atom. The van der Waals surface area contributed by atoms with Crippen molar-refractivity contribution in [3.63, 3.8) is 0 Å². The van der Waals surface area contributed by atoms with E-state index in [9.17, 15) is 9.90 Å². The van der Waals surface area contributed by atoms with Crippen molar-refractivity contribution < 1.29 is 24.1 Å². The van der Waals surface area contributed by atoms with Crippen LogP contribution in [0.15, 0.2) is 11.6 Å². The predicted octanol–water partition coefficient (Wildman–Crippen LogP) is 7.35. The fourth-order valence-corrected chi connectivity index (χ4v) is 11.5. The van der Waals surface area contributed by atoms with Gasteiger partial charge >= 0.3 is 5.97 Å². The smallest absolute Gasteiger partial charge is 0.307 e. The zero-order valence-electron chi connectivity index (χ0n) is 29.2. The van der Waals surface area contributed by atoms with Gasteiger partial charge in [-0.15, -0.1) is 0 Å². The molecule has 5 rings (SSSR count). The minimum atomic E-state index is -0.605. The van der Waals surface area contributed by atoms with Crippen molar-refractivity contribution in [3.05, 3.63) is 11.6 Å². The Labute approximate surface area is 262 Å². The van der Waals surface area contributed by atoms with Gasteiger partial charge in [0.1, 0.15) is 0 Å². The first kappa shape index (κ1) is 33.4. The predicted molar refractivity (Wildman–Crippen MR) is 172 cm³/mol. The van der Waals surface area contributed by atoms with E-state index >= 15 is 0 Å². The van der Waals surface area contributed by atoms with Crippen molar-refractivity contribution in [1.82, 2.24) is 0 Å². The molecule has 6 nitrogen and oxygen atoms in total. The molecule has 4 aliphatic carbocycles. The highest BCUT2D eigenvalue weighted by molar-refractivity contribution is 5.73. The van der Waals surface area contributed by atoms with Crippen LogP contribution in [-0.4, -0.2) is 56.3 Å². The third-order valence-electron chi connectivity index (χ3n) is 14.9. The van der Waals surface area contributed by atoms with E-state index in [1.54, 1.807) is 5.57 Å². The number of methoxy groups -OCH3 is 1. The van der Waals surface area contributed by atoms with Crippen molar-refractivity contribution in [1.29, 1.82) is 0 Å². The van der Waals surface area contributed by atoms with E-state index in [1.165, 1.54) is 0 Å².